The van der Waals surface area contributed by atoms with Crippen LogP contribution in [0.1, 0.15) is 21.5 Å². The normalized spacial score (nSPS) is 13.1. The number of imidazole rings is 1. The maximum absolute atomic E-state index is 13.2. The van der Waals surface area contributed by atoms with Crippen molar-refractivity contribution in [2.45, 2.75) is 13.3 Å². The van der Waals surface area contributed by atoms with Crippen LogP contribution in [0, 0.1) is 6.92 Å². The van der Waals surface area contributed by atoms with Gasteiger partial charge >= 0.3 is 0 Å². The quantitative estimate of drug-likeness (QED) is 0.553. The van der Waals surface area contributed by atoms with Crippen molar-refractivity contribution in [1.82, 2.24) is 19.4 Å². The summed E-state index contributed by atoms with van der Waals surface area (Å²) in [4.78, 5) is 28.1. The Morgan fingerprint density at radius 1 is 1.11 bits per heavy atom. The van der Waals surface area contributed by atoms with Crippen LogP contribution in [0.5, 0.6) is 0 Å². The fourth-order valence-corrected chi connectivity index (χ4v) is 3.64. The number of hydrogen-bond donors (Lipinski definition) is 0. The van der Waals surface area contributed by atoms with E-state index in [1.165, 1.54) is 0 Å². The van der Waals surface area contributed by atoms with Gasteiger partial charge in [-0.1, -0.05) is 0 Å². The van der Waals surface area contributed by atoms with Crippen LogP contribution in [-0.2, 0) is 6.42 Å². The van der Waals surface area contributed by atoms with Crippen molar-refractivity contribution in [2.24, 2.45) is 0 Å². The second kappa shape index (κ2) is 6.02. The zero-order valence-corrected chi connectivity index (χ0v) is 14.8. The molecule has 0 saturated carbocycles. The monoisotopic (exact) mass is 355 g/mol. The summed E-state index contributed by atoms with van der Waals surface area (Å²) in [6.07, 6.45) is 11.7. The molecule has 0 atom stereocenters. The number of aryl methyl sites for hydroxylation is 1. The van der Waals surface area contributed by atoms with Gasteiger partial charge in [0.15, 0.2) is 0 Å². The van der Waals surface area contributed by atoms with Gasteiger partial charge in [-0.3, -0.25) is 14.7 Å². The molecule has 5 rings (SSSR count). The van der Waals surface area contributed by atoms with E-state index in [0.717, 1.165) is 34.5 Å². The minimum Gasteiger partial charge on any atom is -0.306 e. The Hall–Kier alpha value is -3.54. The highest BCUT2D eigenvalue weighted by molar-refractivity contribution is 6.10. The molecule has 6 nitrogen and oxygen atoms in total. The van der Waals surface area contributed by atoms with Gasteiger partial charge in [-0.15, -0.1) is 0 Å². The number of amides is 1. The Bertz CT molecular complexity index is 1180. The maximum atomic E-state index is 13.2. The number of carbonyl (C=O) groups is 1. The molecule has 0 aromatic carbocycles. The molecule has 6 heteroatoms. The molecule has 5 heterocycles. The summed E-state index contributed by atoms with van der Waals surface area (Å²) in [6.45, 7) is 2.68. The predicted octanol–water partition coefficient (Wildman–Crippen LogP) is 3.30. The molecule has 0 unspecified atom stereocenters. The van der Waals surface area contributed by atoms with Crippen molar-refractivity contribution in [3.8, 4) is 11.1 Å². The average Bonchev–Trinajstić information content (AvgIpc) is 3.34. The van der Waals surface area contributed by atoms with Crippen molar-refractivity contribution < 1.29 is 4.79 Å². The molecule has 0 aliphatic carbocycles. The first-order chi connectivity index (χ1) is 13.2. The van der Waals surface area contributed by atoms with E-state index >= 15 is 0 Å². The fourth-order valence-electron chi connectivity index (χ4n) is 3.64. The highest BCUT2D eigenvalue weighted by Gasteiger charge is 2.28. The summed E-state index contributed by atoms with van der Waals surface area (Å²) in [5.41, 5.74) is 5.59. The number of aromatic nitrogens is 4. The number of pyridine rings is 3. The lowest BCUT2D eigenvalue weighted by Crippen LogP contribution is -2.30. The molecule has 0 spiro atoms. The van der Waals surface area contributed by atoms with Gasteiger partial charge < -0.3 is 4.40 Å². The third-order valence-corrected chi connectivity index (χ3v) is 5.05. The fraction of sp³-hybridized carbons (Fsp3) is 0.143. The molecule has 0 radical (unpaired) electrons. The lowest BCUT2D eigenvalue weighted by Gasteiger charge is -2.17. The highest BCUT2D eigenvalue weighted by Crippen LogP contribution is 2.32. The summed E-state index contributed by atoms with van der Waals surface area (Å²) in [5.74, 6) is 0.669. The zero-order chi connectivity index (χ0) is 18.4. The summed E-state index contributed by atoms with van der Waals surface area (Å²) in [6, 6.07) is 7.79. The first-order valence-corrected chi connectivity index (χ1v) is 8.86. The molecule has 27 heavy (non-hydrogen) atoms. The third-order valence-electron chi connectivity index (χ3n) is 5.05. The first-order valence-electron chi connectivity index (χ1n) is 8.86. The minimum atomic E-state index is -0.0663. The first kappa shape index (κ1) is 15.7. The molecule has 0 N–H and O–H groups in total. The van der Waals surface area contributed by atoms with Gasteiger partial charge in [0.1, 0.15) is 11.5 Å². The van der Waals surface area contributed by atoms with Gasteiger partial charge in [-0.05, 0) is 48.7 Å². The number of nitrogens with zero attached hydrogens (tertiary/aromatic N) is 5. The number of hydrogen-bond acceptors (Lipinski definition) is 4. The summed E-state index contributed by atoms with van der Waals surface area (Å²) < 4.78 is 1.85. The molecule has 0 bridgehead atoms. The van der Waals surface area contributed by atoms with Crippen LogP contribution in [-0.4, -0.2) is 31.8 Å². The Morgan fingerprint density at radius 3 is 2.93 bits per heavy atom. The number of fused-ring (bicyclic) bond motifs is 2. The Morgan fingerprint density at radius 2 is 2.04 bits per heavy atom. The molecule has 0 fully saturated rings. The Balaban J connectivity index is 1.53. The van der Waals surface area contributed by atoms with Crippen LogP contribution < -0.4 is 4.90 Å². The van der Waals surface area contributed by atoms with E-state index in [9.17, 15) is 4.79 Å². The van der Waals surface area contributed by atoms with Gasteiger partial charge in [-0.2, -0.15) is 0 Å². The van der Waals surface area contributed by atoms with E-state index in [1.807, 2.05) is 47.4 Å². The molecule has 0 saturated heterocycles. The van der Waals surface area contributed by atoms with Crippen molar-refractivity contribution >= 4 is 17.4 Å². The molecular formula is C21H17N5O. The van der Waals surface area contributed by atoms with Crippen molar-refractivity contribution in [3.63, 3.8) is 0 Å². The van der Waals surface area contributed by atoms with E-state index < -0.39 is 0 Å². The van der Waals surface area contributed by atoms with Gasteiger partial charge in [0, 0.05) is 54.9 Å². The number of rotatable bonds is 2. The van der Waals surface area contributed by atoms with Crippen LogP contribution in [0.2, 0.25) is 0 Å². The SMILES string of the molecule is Cc1ccncc1-c1cnc2c(c1)CCN2C(=O)c1cccn2ccnc12. The van der Waals surface area contributed by atoms with E-state index in [-0.39, 0.29) is 5.91 Å². The summed E-state index contributed by atoms with van der Waals surface area (Å²) >= 11 is 0. The van der Waals surface area contributed by atoms with Gasteiger partial charge in [0.05, 0.1) is 5.56 Å². The number of anilines is 1. The average molecular weight is 355 g/mol. The van der Waals surface area contributed by atoms with Crippen molar-refractivity contribution in [1.29, 1.82) is 0 Å². The second-order valence-electron chi connectivity index (χ2n) is 6.68. The van der Waals surface area contributed by atoms with Gasteiger partial charge in [0.2, 0.25) is 0 Å². The molecule has 1 aliphatic heterocycles. The highest BCUT2D eigenvalue weighted by atomic mass is 16.2. The Kier molecular flexibility index (Phi) is 3.50. The predicted molar refractivity (Wildman–Crippen MR) is 103 cm³/mol. The minimum absolute atomic E-state index is 0.0663. The van der Waals surface area contributed by atoms with Crippen LogP contribution in [0.25, 0.3) is 16.8 Å². The van der Waals surface area contributed by atoms with E-state index in [0.29, 0.717) is 17.8 Å². The zero-order valence-electron chi connectivity index (χ0n) is 14.8. The molecule has 1 amide bonds. The lowest BCUT2D eigenvalue weighted by atomic mass is 10.0. The van der Waals surface area contributed by atoms with Crippen LogP contribution in [0.4, 0.5) is 5.82 Å². The number of carbonyl (C=O) groups excluding carboxylic acids is 1. The molecule has 132 valence electrons. The van der Waals surface area contributed by atoms with E-state index in [4.69, 9.17) is 0 Å². The summed E-state index contributed by atoms with van der Waals surface area (Å²) in [7, 11) is 0. The topological polar surface area (TPSA) is 63.4 Å². The van der Waals surface area contributed by atoms with Crippen LogP contribution in [0.15, 0.2) is 61.4 Å². The van der Waals surface area contributed by atoms with E-state index in [2.05, 4.69) is 27.9 Å². The molecule has 4 aromatic heterocycles. The lowest BCUT2D eigenvalue weighted by molar-refractivity contribution is 0.0990. The van der Waals surface area contributed by atoms with Crippen molar-refractivity contribution in [3.05, 3.63) is 78.1 Å². The third kappa shape index (κ3) is 2.49. The summed E-state index contributed by atoms with van der Waals surface area (Å²) in [5, 5.41) is 0. The van der Waals surface area contributed by atoms with Gasteiger partial charge in [0.25, 0.3) is 5.91 Å². The van der Waals surface area contributed by atoms with Crippen molar-refractivity contribution in [2.75, 3.05) is 11.4 Å². The molecule has 1 aliphatic rings. The maximum Gasteiger partial charge on any atom is 0.263 e. The standard InChI is InChI=1S/C21H17N5O/c1-14-4-6-22-13-18(14)16-11-15-5-9-26(19(15)24-12-16)21(27)17-3-2-8-25-10-7-23-20(17)25/h2-4,6-8,10-13H,5,9H2,1H3. The van der Waals surface area contributed by atoms with Gasteiger partial charge in [-0.25, -0.2) is 9.97 Å². The Labute approximate surface area is 156 Å². The second-order valence-corrected chi connectivity index (χ2v) is 6.68. The van der Waals surface area contributed by atoms with Crippen LogP contribution in [0.3, 0.4) is 0 Å². The molecule has 4 aromatic rings. The smallest absolute Gasteiger partial charge is 0.263 e. The van der Waals surface area contributed by atoms with E-state index in [1.54, 1.807) is 17.3 Å². The molecular weight excluding hydrogens is 338 g/mol. The largest absolute Gasteiger partial charge is 0.306 e. The van der Waals surface area contributed by atoms with Crippen LogP contribution >= 0.6 is 0 Å².